The predicted octanol–water partition coefficient (Wildman–Crippen LogP) is 1.10. The number of hydrogen-bond donors (Lipinski definition) is 0. The van der Waals surface area contributed by atoms with Crippen molar-refractivity contribution in [1.29, 1.82) is 5.26 Å². The first kappa shape index (κ1) is 8.06. The average Bonchev–Trinajstić information content (AvgIpc) is 1.94. The van der Waals surface area contributed by atoms with E-state index in [1.165, 1.54) is 7.11 Å². The van der Waals surface area contributed by atoms with Crippen LogP contribution in [0.3, 0.4) is 0 Å². The SMILES string of the molecule is COC(=O)[C@H]1C[C@H](CC#N)C1. The molecule has 0 amide bonds. The van der Waals surface area contributed by atoms with E-state index in [4.69, 9.17) is 5.26 Å². The van der Waals surface area contributed by atoms with Crippen LogP contribution in [-0.2, 0) is 9.53 Å². The van der Waals surface area contributed by atoms with Gasteiger partial charge in [0.2, 0.25) is 0 Å². The third-order valence-electron chi connectivity index (χ3n) is 2.15. The van der Waals surface area contributed by atoms with Gasteiger partial charge in [0, 0.05) is 6.42 Å². The van der Waals surface area contributed by atoms with Gasteiger partial charge in [-0.3, -0.25) is 4.79 Å². The lowest BCUT2D eigenvalue weighted by molar-refractivity contribution is -0.150. The van der Waals surface area contributed by atoms with Gasteiger partial charge in [0.1, 0.15) is 0 Å². The van der Waals surface area contributed by atoms with Crippen LogP contribution in [0, 0.1) is 23.2 Å². The first-order valence-electron chi connectivity index (χ1n) is 3.72. The summed E-state index contributed by atoms with van der Waals surface area (Å²) in [5.74, 6) is 0.377. The molecule has 0 unspecified atom stereocenters. The van der Waals surface area contributed by atoms with Crippen molar-refractivity contribution in [2.24, 2.45) is 11.8 Å². The predicted molar refractivity (Wildman–Crippen MR) is 38.5 cm³/mol. The average molecular weight is 153 g/mol. The van der Waals surface area contributed by atoms with E-state index in [0.29, 0.717) is 12.3 Å². The number of carbonyl (C=O) groups excluding carboxylic acids is 1. The topological polar surface area (TPSA) is 50.1 Å². The first-order chi connectivity index (χ1) is 5.27. The zero-order valence-corrected chi connectivity index (χ0v) is 6.54. The van der Waals surface area contributed by atoms with E-state index < -0.39 is 0 Å². The summed E-state index contributed by atoms with van der Waals surface area (Å²) in [6, 6.07) is 2.10. The van der Waals surface area contributed by atoms with Crippen molar-refractivity contribution in [3.63, 3.8) is 0 Å². The summed E-state index contributed by atoms with van der Waals surface area (Å²) in [6.45, 7) is 0. The van der Waals surface area contributed by atoms with Crippen molar-refractivity contribution in [2.45, 2.75) is 19.3 Å². The Morgan fingerprint density at radius 1 is 1.73 bits per heavy atom. The van der Waals surface area contributed by atoms with Gasteiger partial charge in [0.15, 0.2) is 0 Å². The number of esters is 1. The van der Waals surface area contributed by atoms with Crippen LogP contribution < -0.4 is 0 Å². The van der Waals surface area contributed by atoms with Crippen molar-refractivity contribution in [3.8, 4) is 6.07 Å². The lowest BCUT2D eigenvalue weighted by Gasteiger charge is -2.31. The lowest BCUT2D eigenvalue weighted by atomic mass is 9.73. The summed E-state index contributed by atoms with van der Waals surface area (Å²) in [7, 11) is 1.40. The highest BCUT2D eigenvalue weighted by atomic mass is 16.5. The Hall–Kier alpha value is -1.04. The van der Waals surface area contributed by atoms with E-state index in [0.717, 1.165) is 12.8 Å². The van der Waals surface area contributed by atoms with Gasteiger partial charge in [-0.05, 0) is 18.8 Å². The molecule has 3 heteroatoms. The molecule has 0 aromatic carbocycles. The van der Waals surface area contributed by atoms with Crippen molar-refractivity contribution in [2.75, 3.05) is 7.11 Å². The normalized spacial score (nSPS) is 28.4. The van der Waals surface area contributed by atoms with Gasteiger partial charge in [-0.1, -0.05) is 0 Å². The number of nitrogens with zero attached hydrogens (tertiary/aromatic N) is 1. The minimum absolute atomic E-state index is 0.0679. The number of methoxy groups -OCH3 is 1. The van der Waals surface area contributed by atoms with Crippen LogP contribution >= 0.6 is 0 Å². The second-order valence-corrected chi connectivity index (χ2v) is 2.92. The Kier molecular flexibility index (Phi) is 2.48. The molecule has 11 heavy (non-hydrogen) atoms. The molecular weight excluding hydrogens is 142 g/mol. The van der Waals surface area contributed by atoms with Gasteiger partial charge in [-0.25, -0.2) is 0 Å². The number of carbonyl (C=O) groups is 1. The second-order valence-electron chi connectivity index (χ2n) is 2.92. The molecular formula is C8H11NO2. The van der Waals surface area contributed by atoms with E-state index in [1.807, 2.05) is 0 Å². The number of nitriles is 1. The monoisotopic (exact) mass is 153 g/mol. The lowest BCUT2D eigenvalue weighted by Crippen LogP contribution is -2.30. The smallest absolute Gasteiger partial charge is 0.308 e. The fraction of sp³-hybridized carbons (Fsp3) is 0.750. The summed E-state index contributed by atoms with van der Waals surface area (Å²) in [6.07, 6.45) is 2.24. The van der Waals surface area contributed by atoms with Gasteiger partial charge in [-0.2, -0.15) is 5.26 Å². The Morgan fingerprint density at radius 2 is 2.36 bits per heavy atom. The van der Waals surface area contributed by atoms with Crippen LogP contribution in [0.2, 0.25) is 0 Å². The molecule has 0 aromatic rings. The minimum atomic E-state index is -0.126. The van der Waals surface area contributed by atoms with Gasteiger partial charge >= 0.3 is 5.97 Å². The third kappa shape index (κ3) is 1.70. The van der Waals surface area contributed by atoms with E-state index in [2.05, 4.69) is 10.8 Å². The van der Waals surface area contributed by atoms with E-state index in [1.54, 1.807) is 0 Å². The summed E-state index contributed by atoms with van der Waals surface area (Å²) in [5, 5.41) is 8.32. The molecule has 0 saturated heterocycles. The van der Waals surface area contributed by atoms with Gasteiger partial charge in [0.05, 0.1) is 19.1 Å². The summed E-state index contributed by atoms with van der Waals surface area (Å²) in [5.41, 5.74) is 0. The summed E-state index contributed by atoms with van der Waals surface area (Å²) < 4.78 is 4.56. The van der Waals surface area contributed by atoms with Crippen molar-refractivity contribution in [3.05, 3.63) is 0 Å². The zero-order valence-electron chi connectivity index (χ0n) is 6.54. The fourth-order valence-corrected chi connectivity index (χ4v) is 1.39. The molecule has 0 radical (unpaired) electrons. The molecule has 0 heterocycles. The fourth-order valence-electron chi connectivity index (χ4n) is 1.39. The molecule has 3 nitrogen and oxygen atoms in total. The molecule has 1 saturated carbocycles. The molecule has 0 spiro atoms. The van der Waals surface area contributed by atoms with E-state index >= 15 is 0 Å². The quantitative estimate of drug-likeness (QED) is 0.558. The summed E-state index contributed by atoms with van der Waals surface area (Å²) in [4.78, 5) is 10.8. The maximum absolute atomic E-state index is 10.8. The first-order valence-corrected chi connectivity index (χ1v) is 3.72. The minimum Gasteiger partial charge on any atom is -0.469 e. The number of rotatable bonds is 2. The Balaban J connectivity index is 2.20. The van der Waals surface area contributed by atoms with Crippen molar-refractivity contribution >= 4 is 5.97 Å². The molecule has 60 valence electrons. The Bertz CT molecular complexity index is 189. The Morgan fingerprint density at radius 3 is 2.82 bits per heavy atom. The molecule has 0 N–H and O–H groups in total. The maximum atomic E-state index is 10.8. The number of hydrogen-bond acceptors (Lipinski definition) is 3. The second kappa shape index (κ2) is 3.38. The third-order valence-corrected chi connectivity index (χ3v) is 2.15. The Labute approximate surface area is 66.0 Å². The van der Waals surface area contributed by atoms with Crippen molar-refractivity contribution in [1.82, 2.24) is 0 Å². The highest BCUT2D eigenvalue weighted by Gasteiger charge is 2.34. The number of ether oxygens (including phenoxy) is 1. The van der Waals surface area contributed by atoms with Crippen LogP contribution in [0.1, 0.15) is 19.3 Å². The van der Waals surface area contributed by atoms with Crippen LogP contribution in [-0.4, -0.2) is 13.1 Å². The van der Waals surface area contributed by atoms with Crippen molar-refractivity contribution < 1.29 is 9.53 Å². The standard InChI is InChI=1S/C8H11NO2/c1-11-8(10)7-4-6(5-7)2-3-9/h6-7H,2,4-5H2,1H3/t6-,7-. The highest BCUT2D eigenvalue weighted by molar-refractivity contribution is 5.73. The van der Waals surface area contributed by atoms with E-state index in [-0.39, 0.29) is 11.9 Å². The van der Waals surface area contributed by atoms with Gasteiger partial charge in [-0.15, -0.1) is 0 Å². The van der Waals surface area contributed by atoms with Gasteiger partial charge in [0.25, 0.3) is 0 Å². The maximum Gasteiger partial charge on any atom is 0.308 e. The van der Waals surface area contributed by atoms with Gasteiger partial charge < -0.3 is 4.74 Å². The molecule has 0 aromatic heterocycles. The highest BCUT2D eigenvalue weighted by Crippen LogP contribution is 2.36. The molecule has 0 aliphatic heterocycles. The molecule has 1 fully saturated rings. The van der Waals surface area contributed by atoms with E-state index in [9.17, 15) is 4.79 Å². The van der Waals surface area contributed by atoms with Crippen LogP contribution in [0.15, 0.2) is 0 Å². The van der Waals surface area contributed by atoms with Crippen LogP contribution in [0.25, 0.3) is 0 Å². The molecule has 1 rings (SSSR count). The summed E-state index contributed by atoms with van der Waals surface area (Å²) >= 11 is 0. The molecule has 1 aliphatic carbocycles. The zero-order chi connectivity index (χ0) is 8.27. The van der Waals surface area contributed by atoms with Crippen LogP contribution in [0.5, 0.6) is 0 Å². The molecule has 1 aliphatic rings. The molecule has 0 atom stereocenters. The largest absolute Gasteiger partial charge is 0.469 e. The molecule has 0 bridgehead atoms. The van der Waals surface area contributed by atoms with Crippen LogP contribution in [0.4, 0.5) is 0 Å².